The van der Waals surface area contributed by atoms with Gasteiger partial charge in [0.05, 0.1) is 0 Å². The van der Waals surface area contributed by atoms with Crippen LogP contribution in [0.5, 0.6) is 0 Å². The molecule has 17 heavy (non-hydrogen) atoms. The first-order valence-corrected chi connectivity index (χ1v) is 5.41. The van der Waals surface area contributed by atoms with Crippen LogP contribution < -0.4 is 0 Å². The van der Waals surface area contributed by atoms with Gasteiger partial charge in [-0.2, -0.15) is 0 Å². The molecule has 4 nitrogen and oxygen atoms in total. The van der Waals surface area contributed by atoms with Crippen molar-refractivity contribution in [2.24, 2.45) is 7.05 Å². The van der Waals surface area contributed by atoms with Crippen LogP contribution >= 0.6 is 0 Å². The molecule has 4 heteroatoms. The molecule has 0 aliphatic carbocycles. The zero-order valence-corrected chi connectivity index (χ0v) is 9.49. The largest absolute Gasteiger partial charge is 0.335 e. The summed E-state index contributed by atoms with van der Waals surface area (Å²) in [7, 11) is 1.98. The van der Waals surface area contributed by atoms with E-state index < -0.39 is 0 Å². The Morgan fingerprint density at radius 3 is 2.76 bits per heavy atom. The molecule has 0 radical (unpaired) electrons. The summed E-state index contributed by atoms with van der Waals surface area (Å²) in [6, 6.07) is 4.09. The van der Waals surface area contributed by atoms with Gasteiger partial charge in [0, 0.05) is 38.0 Å². The SMILES string of the molecule is Cn1ccnc1C=Cc1ccn2ccnc2c1. The van der Waals surface area contributed by atoms with Crippen LogP contribution in [-0.4, -0.2) is 18.9 Å². The Kier molecular flexibility index (Phi) is 2.26. The molecule has 0 N–H and O–H groups in total. The van der Waals surface area contributed by atoms with E-state index in [2.05, 4.69) is 9.97 Å². The highest BCUT2D eigenvalue weighted by Gasteiger charge is 1.95. The van der Waals surface area contributed by atoms with Gasteiger partial charge in [-0.1, -0.05) is 6.08 Å². The van der Waals surface area contributed by atoms with E-state index in [1.165, 1.54) is 0 Å². The molecule has 0 fully saturated rings. The molecular formula is C13H12N4. The van der Waals surface area contributed by atoms with Crippen LogP contribution in [0, 0.1) is 0 Å². The zero-order chi connectivity index (χ0) is 11.7. The summed E-state index contributed by atoms with van der Waals surface area (Å²) < 4.78 is 3.96. The third-order valence-electron chi connectivity index (χ3n) is 2.71. The fourth-order valence-electron chi connectivity index (χ4n) is 1.74. The van der Waals surface area contributed by atoms with Crippen molar-refractivity contribution in [1.29, 1.82) is 0 Å². The molecule has 3 aromatic heterocycles. The number of rotatable bonds is 2. The Balaban J connectivity index is 1.94. The van der Waals surface area contributed by atoms with E-state index in [1.54, 1.807) is 12.4 Å². The average molecular weight is 224 g/mol. The highest BCUT2D eigenvalue weighted by molar-refractivity contribution is 5.68. The summed E-state index contributed by atoms with van der Waals surface area (Å²) in [6.07, 6.45) is 13.5. The molecule has 0 aromatic carbocycles. The normalized spacial score (nSPS) is 11.6. The number of pyridine rings is 1. The van der Waals surface area contributed by atoms with E-state index in [4.69, 9.17) is 0 Å². The summed E-state index contributed by atoms with van der Waals surface area (Å²) in [6.45, 7) is 0. The van der Waals surface area contributed by atoms with Crippen LogP contribution in [0.4, 0.5) is 0 Å². The van der Waals surface area contributed by atoms with E-state index in [9.17, 15) is 0 Å². The lowest BCUT2D eigenvalue weighted by Crippen LogP contribution is -1.89. The second-order valence-electron chi connectivity index (χ2n) is 3.88. The van der Waals surface area contributed by atoms with Crippen molar-refractivity contribution >= 4 is 17.8 Å². The summed E-state index contributed by atoms with van der Waals surface area (Å²) in [4.78, 5) is 8.49. The number of nitrogens with zero attached hydrogens (tertiary/aromatic N) is 4. The molecule has 84 valence electrons. The molecule has 0 unspecified atom stereocenters. The fraction of sp³-hybridized carbons (Fsp3) is 0.0769. The standard InChI is InChI=1S/C13H12N4/c1-16-8-5-14-12(16)3-2-11-4-7-17-9-6-15-13(17)10-11/h2-10H,1H3. The van der Waals surface area contributed by atoms with Gasteiger partial charge in [-0.3, -0.25) is 0 Å². The first-order valence-electron chi connectivity index (χ1n) is 5.41. The lowest BCUT2D eigenvalue weighted by molar-refractivity contribution is 0.898. The van der Waals surface area contributed by atoms with Crippen LogP contribution in [0.2, 0.25) is 0 Å². The maximum absolute atomic E-state index is 4.25. The van der Waals surface area contributed by atoms with Crippen LogP contribution in [0.15, 0.2) is 43.1 Å². The van der Waals surface area contributed by atoms with Crippen LogP contribution in [0.1, 0.15) is 11.4 Å². The third-order valence-corrected chi connectivity index (χ3v) is 2.71. The van der Waals surface area contributed by atoms with Gasteiger partial charge in [0.15, 0.2) is 0 Å². The van der Waals surface area contributed by atoms with E-state index in [0.717, 1.165) is 17.0 Å². The lowest BCUT2D eigenvalue weighted by atomic mass is 10.2. The molecule has 0 aliphatic heterocycles. The number of fused-ring (bicyclic) bond motifs is 1. The zero-order valence-electron chi connectivity index (χ0n) is 9.49. The third kappa shape index (κ3) is 1.85. The molecule has 0 amide bonds. The van der Waals surface area contributed by atoms with Gasteiger partial charge in [0.25, 0.3) is 0 Å². The quantitative estimate of drug-likeness (QED) is 0.669. The average Bonchev–Trinajstić information content (AvgIpc) is 2.94. The first-order chi connectivity index (χ1) is 8.33. The van der Waals surface area contributed by atoms with Gasteiger partial charge >= 0.3 is 0 Å². The van der Waals surface area contributed by atoms with Crippen molar-refractivity contribution in [3.63, 3.8) is 0 Å². The van der Waals surface area contributed by atoms with E-state index in [0.29, 0.717) is 0 Å². The Morgan fingerprint density at radius 1 is 1.06 bits per heavy atom. The van der Waals surface area contributed by atoms with Gasteiger partial charge in [-0.05, 0) is 23.8 Å². The molecular weight excluding hydrogens is 212 g/mol. The maximum atomic E-state index is 4.25. The van der Waals surface area contributed by atoms with Crippen LogP contribution in [-0.2, 0) is 7.05 Å². The highest BCUT2D eigenvalue weighted by atomic mass is 15.0. The van der Waals surface area contributed by atoms with E-state index in [-0.39, 0.29) is 0 Å². The number of imidazole rings is 2. The Labute approximate surface area is 98.9 Å². The summed E-state index contributed by atoms with van der Waals surface area (Å²) in [5.74, 6) is 0.938. The predicted octanol–water partition coefficient (Wildman–Crippen LogP) is 2.24. The minimum atomic E-state index is 0.938. The van der Waals surface area contributed by atoms with Crippen molar-refractivity contribution < 1.29 is 0 Å². The van der Waals surface area contributed by atoms with Crippen molar-refractivity contribution in [2.45, 2.75) is 0 Å². The predicted molar refractivity (Wildman–Crippen MR) is 67.3 cm³/mol. The number of hydrogen-bond acceptors (Lipinski definition) is 2. The first kappa shape index (κ1) is 9.84. The second kappa shape index (κ2) is 3.90. The Bertz CT molecular complexity index is 675. The summed E-state index contributed by atoms with van der Waals surface area (Å²) in [5, 5.41) is 0. The smallest absolute Gasteiger partial charge is 0.137 e. The van der Waals surface area contributed by atoms with E-state index in [1.807, 2.05) is 58.9 Å². The van der Waals surface area contributed by atoms with Crippen molar-refractivity contribution in [3.05, 3.63) is 54.5 Å². The number of aryl methyl sites for hydroxylation is 1. The minimum absolute atomic E-state index is 0.938. The molecule has 3 aromatic rings. The molecule has 0 spiro atoms. The van der Waals surface area contributed by atoms with Gasteiger partial charge in [0.2, 0.25) is 0 Å². The monoisotopic (exact) mass is 224 g/mol. The molecule has 0 bridgehead atoms. The number of hydrogen-bond donors (Lipinski definition) is 0. The van der Waals surface area contributed by atoms with Gasteiger partial charge in [-0.15, -0.1) is 0 Å². The minimum Gasteiger partial charge on any atom is -0.335 e. The topological polar surface area (TPSA) is 35.1 Å². The summed E-state index contributed by atoms with van der Waals surface area (Å²) in [5.41, 5.74) is 2.07. The molecule has 3 heterocycles. The molecule has 0 saturated carbocycles. The Hall–Kier alpha value is -2.36. The number of aromatic nitrogens is 4. The van der Waals surface area contributed by atoms with Crippen molar-refractivity contribution in [2.75, 3.05) is 0 Å². The van der Waals surface area contributed by atoms with E-state index >= 15 is 0 Å². The summed E-state index contributed by atoms with van der Waals surface area (Å²) >= 11 is 0. The maximum Gasteiger partial charge on any atom is 0.137 e. The van der Waals surface area contributed by atoms with Gasteiger partial charge in [-0.25, -0.2) is 9.97 Å². The van der Waals surface area contributed by atoms with Crippen molar-refractivity contribution in [3.8, 4) is 0 Å². The Morgan fingerprint density at radius 2 is 1.94 bits per heavy atom. The van der Waals surface area contributed by atoms with Gasteiger partial charge < -0.3 is 8.97 Å². The van der Waals surface area contributed by atoms with Crippen LogP contribution in [0.25, 0.3) is 17.8 Å². The fourth-order valence-corrected chi connectivity index (χ4v) is 1.74. The molecule has 3 rings (SSSR count). The molecule has 0 atom stereocenters. The lowest BCUT2D eigenvalue weighted by Gasteiger charge is -1.97. The highest BCUT2D eigenvalue weighted by Crippen LogP contribution is 2.09. The van der Waals surface area contributed by atoms with Crippen LogP contribution in [0.3, 0.4) is 0 Å². The van der Waals surface area contributed by atoms with Gasteiger partial charge in [0.1, 0.15) is 11.5 Å². The second-order valence-corrected chi connectivity index (χ2v) is 3.88. The van der Waals surface area contributed by atoms with Crippen molar-refractivity contribution in [1.82, 2.24) is 18.9 Å². The molecule has 0 aliphatic rings. The molecule has 0 saturated heterocycles.